The molecule has 1 unspecified atom stereocenters. The number of thiazole rings is 1. The molecular formula is C14H19N3S. The first-order valence-corrected chi connectivity index (χ1v) is 7.13. The van der Waals surface area contributed by atoms with Crippen molar-refractivity contribution < 1.29 is 0 Å². The molecule has 1 atom stereocenters. The lowest BCUT2D eigenvalue weighted by molar-refractivity contribution is 0.515. The van der Waals surface area contributed by atoms with E-state index in [9.17, 15) is 0 Å². The van der Waals surface area contributed by atoms with Crippen LogP contribution < -0.4 is 5.32 Å². The molecule has 18 heavy (non-hydrogen) atoms. The molecule has 3 nitrogen and oxygen atoms in total. The summed E-state index contributed by atoms with van der Waals surface area (Å²) in [5, 5.41) is 6.68. The van der Waals surface area contributed by atoms with Crippen molar-refractivity contribution >= 4 is 11.3 Å². The van der Waals surface area contributed by atoms with E-state index in [4.69, 9.17) is 0 Å². The molecule has 0 saturated heterocycles. The summed E-state index contributed by atoms with van der Waals surface area (Å²) in [6.07, 6.45) is 6.93. The fourth-order valence-electron chi connectivity index (χ4n) is 1.99. The van der Waals surface area contributed by atoms with Crippen LogP contribution in [0.3, 0.4) is 0 Å². The van der Waals surface area contributed by atoms with E-state index >= 15 is 0 Å². The number of nitrogens with one attached hydrogen (secondary N) is 1. The Morgan fingerprint density at radius 3 is 2.94 bits per heavy atom. The zero-order valence-corrected chi connectivity index (χ0v) is 11.7. The van der Waals surface area contributed by atoms with E-state index in [0.717, 1.165) is 24.3 Å². The van der Waals surface area contributed by atoms with E-state index in [2.05, 4.69) is 33.7 Å². The summed E-state index contributed by atoms with van der Waals surface area (Å²) in [6.45, 7) is 2.05. The van der Waals surface area contributed by atoms with Crippen molar-refractivity contribution in [2.45, 2.75) is 32.2 Å². The van der Waals surface area contributed by atoms with Gasteiger partial charge >= 0.3 is 0 Å². The molecular weight excluding hydrogens is 242 g/mol. The Hall–Kier alpha value is -1.26. The summed E-state index contributed by atoms with van der Waals surface area (Å²) in [4.78, 5) is 8.66. The molecule has 0 fully saturated rings. The lowest BCUT2D eigenvalue weighted by Gasteiger charge is -2.14. The quantitative estimate of drug-likeness (QED) is 0.868. The summed E-state index contributed by atoms with van der Waals surface area (Å²) < 4.78 is 0. The van der Waals surface area contributed by atoms with Gasteiger partial charge in [-0.15, -0.1) is 11.3 Å². The maximum Gasteiger partial charge on any atom is 0.0897 e. The average molecular weight is 261 g/mol. The lowest BCUT2D eigenvalue weighted by Crippen LogP contribution is -2.28. The van der Waals surface area contributed by atoms with Crippen LogP contribution >= 0.6 is 11.3 Å². The van der Waals surface area contributed by atoms with Crippen molar-refractivity contribution in [2.24, 2.45) is 0 Å². The first-order chi connectivity index (χ1) is 8.78. The Morgan fingerprint density at radius 1 is 1.44 bits per heavy atom. The van der Waals surface area contributed by atoms with Crippen LogP contribution in [0, 0.1) is 6.92 Å². The normalized spacial score (nSPS) is 12.6. The molecule has 0 aliphatic heterocycles. The highest BCUT2D eigenvalue weighted by atomic mass is 32.1. The summed E-state index contributed by atoms with van der Waals surface area (Å²) in [5.74, 6) is 0. The van der Waals surface area contributed by atoms with E-state index in [-0.39, 0.29) is 0 Å². The zero-order valence-electron chi connectivity index (χ0n) is 10.9. The number of aryl methyl sites for hydroxylation is 2. The number of hydrogen-bond donors (Lipinski definition) is 1. The summed E-state index contributed by atoms with van der Waals surface area (Å²) in [5.41, 5.74) is 2.50. The van der Waals surface area contributed by atoms with Gasteiger partial charge in [-0.05, 0) is 38.4 Å². The van der Waals surface area contributed by atoms with E-state index in [1.807, 2.05) is 25.5 Å². The number of likely N-dealkylation sites (N-methyl/N-ethyl adjacent to an activating group) is 1. The SMILES string of the molecule is CNC(CCc1cccnc1)Cc1csc(C)n1. The van der Waals surface area contributed by atoms with Gasteiger partial charge in [0.15, 0.2) is 0 Å². The number of aromatic nitrogens is 2. The third kappa shape index (κ3) is 3.89. The Balaban J connectivity index is 1.86. The second kappa shape index (κ2) is 6.61. The first-order valence-electron chi connectivity index (χ1n) is 6.25. The van der Waals surface area contributed by atoms with Gasteiger partial charge in [0.05, 0.1) is 10.7 Å². The highest BCUT2D eigenvalue weighted by Crippen LogP contribution is 2.12. The molecule has 0 spiro atoms. The number of rotatable bonds is 6. The predicted octanol–water partition coefficient (Wildman–Crippen LogP) is 2.61. The Morgan fingerprint density at radius 2 is 2.33 bits per heavy atom. The molecule has 0 aromatic carbocycles. The maximum absolute atomic E-state index is 4.52. The van der Waals surface area contributed by atoms with E-state index < -0.39 is 0 Å². The largest absolute Gasteiger partial charge is 0.317 e. The number of pyridine rings is 1. The van der Waals surface area contributed by atoms with Gasteiger partial charge in [-0.25, -0.2) is 4.98 Å². The minimum Gasteiger partial charge on any atom is -0.317 e. The van der Waals surface area contributed by atoms with Crippen LogP contribution in [-0.2, 0) is 12.8 Å². The molecule has 0 aliphatic rings. The second-order valence-corrected chi connectivity index (χ2v) is 5.51. The standard InChI is InChI=1S/C14H19N3S/c1-11-17-14(10-18-11)8-13(15-2)6-5-12-4-3-7-16-9-12/h3-4,7,9-10,13,15H,5-6,8H2,1-2H3. The first kappa shape index (κ1) is 13.2. The Kier molecular flexibility index (Phi) is 4.84. The second-order valence-electron chi connectivity index (χ2n) is 4.45. The lowest BCUT2D eigenvalue weighted by atomic mass is 10.0. The molecule has 0 saturated carbocycles. The van der Waals surface area contributed by atoms with Crippen LogP contribution in [-0.4, -0.2) is 23.1 Å². The summed E-state index contributed by atoms with van der Waals surface area (Å²) >= 11 is 1.72. The van der Waals surface area contributed by atoms with Crippen molar-refractivity contribution in [1.29, 1.82) is 0 Å². The fourth-order valence-corrected chi connectivity index (χ4v) is 2.62. The van der Waals surface area contributed by atoms with Crippen LogP contribution in [0.5, 0.6) is 0 Å². The molecule has 0 bridgehead atoms. The van der Waals surface area contributed by atoms with Crippen LogP contribution in [0.2, 0.25) is 0 Å². The van der Waals surface area contributed by atoms with Crippen LogP contribution in [0.1, 0.15) is 22.7 Å². The zero-order chi connectivity index (χ0) is 12.8. The van der Waals surface area contributed by atoms with Gasteiger partial charge in [0, 0.05) is 30.2 Å². The molecule has 2 heterocycles. The molecule has 0 aliphatic carbocycles. The molecule has 0 amide bonds. The van der Waals surface area contributed by atoms with E-state index in [1.165, 1.54) is 11.3 Å². The van der Waals surface area contributed by atoms with Gasteiger partial charge in [0.1, 0.15) is 0 Å². The van der Waals surface area contributed by atoms with Crippen molar-refractivity contribution in [3.63, 3.8) is 0 Å². The van der Waals surface area contributed by atoms with Crippen LogP contribution in [0.4, 0.5) is 0 Å². The van der Waals surface area contributed by atoms with E-state index in [0.29, 0.717) is 6.04 Å². The highest BCUT2D eigenvalue weighted by molar-refractivity contribution is 7.09. The van der Waals surface area contributed by atoms with Gasteiger partial charge in [-0.2, -0.15) is 0 Å². The topological polar surface area (TPSA) is 37.8 Å². The smallest absolute Gasteiger partial charge is 0.0897 e. The maximum atomic E-state index is 4.52. The summed E-state index contributed by atoms with van der Waals surface area (Å²) in [7, 11) is 2.02. The van der Waals surface area contributed by atoms with Crippen LogP contribution in [0.25, 0.3) is 0 Å². The molecule has 96 valence electrons. The molecule has 2 rings (SSSR count). The minimum atomic E-state index is 0.478. The highest BCUT2D eigenvalue weighted by Gasteiger charge is 2.09. The Labute approximate surface area is 112 Å². The predicted molar refractivity (Wildman–Crippen MR) is 76.0 cm³/mol. The average Bonchev–Trinajstić information content (AvgIpc) is 2.81. The monoisotopic (exact) mass is 261 g/mol. The number of nitrogens with zero attached hydrogens (tertiary/aromatic N) is 2. The van der Waals surface area contributed by atoms with Crippen molar-refractivity contribution in [3.8, 4) is 0 Å². The Bertz CT molecular complexity index is 467. The van der Waals surface area contributed by atoms with Gasteiger partial charge < -0.3 is 5.32 Å². The molecule has 0 radical (unpaired) electrons. The third-order valence-corrected chi connectivity index (χ3v) is 3.86. The van der Waals surface area contributed by atoms with Gasteiger partial charge in [0.25, 0.3) is 0 Å². The van der Waals surface area contributed by atoms with Crippen LogP contribution in [0.15, 0.2) is 29.9 Å². The van der Waals surface area contributed by atoms with Crippen molar-refractivity contribution in [3.05, 3.63) is 46.2 Å². The molecule has 4 heteroatoms. The minimum absolute atomic E-state index is 0.478. The van der Waals surface area contributed by atoms with Gasteiger partial charge in [-0.1, -0.05) is 6.07 Å². The fraction of sp³-hybridized carbons (Fsp3) is 0.429. The van der Waals surface area contributed by atoms with Gasteiger partial charge in [-0.3, -0.25) is 4.98 Å². The summed E-state index contributed by atoms with van der Waals surface area (Å²) in [6, 6.07) is 4.60. The van der Waals surface area contributed by atoms with Crippen molar-refractivity contribution in [1.82, 2.24) is 15.3 Å². The molecule has 2 aromatic heterocycles. The third-order valence-electron chi connectivity index (χ3n) is 3.03. The molecule has 2 aromatic rings. The van der Waals surface area contributed by atoms with E-state index in [1.54, 1.807) is 11.3 Å². The number of hydrogen-bond acceptors (Lipinski definition) is 4. The van der Waals surface area contributed by atoms with Gasteiger partial charge in [0.2, 0.25) is 0 Å². The van der Waals surface area contributed by atoms with Crippen molar-refractivity contribution in [2.75, 3.05) is 7.05 Å². The molecule has 1 N–H and O–H groups in total.